The molecule has 0 bridgehead atoms. The van der Waals surface area contributed by atoms with E-state index in [0.717, 1.165) is 33.2 Å². The zero-order chi connectivity index (χ0) is 18.8. The summed E-state index contributed by atoms with van der Waals surface area (Å²) < 4.78 is 19.0. The molecule has 0 fully saturated rings. The number of rotatable bonds is 2. The summed E-state index contributed by atoms with van der Waals surface area (Å²) in [7, 11) is 0. The van der Waals surface area contributed by atoms with Gasteiger partial charge in [-0.2, -0.15) is 8.75 Å². The van der Waals surface area contributed by atoms with Crippen molar-refractivity contribution in [2.24, 2.45) is 0 Å². The van der Waals surface area contributed by atoms with Gasteiger partial charge in [0, 0.05) is 0 Å². The van der Waals surface area contributed by atoms with Crippen LogP contribution in [0.15, 0.2) is 18.2 Å². The van der Waals surface area contributed by atoms with E-state index in [9.17, 15) is 9.59 Å². The van der Waals surface area contributed by atoms with Crippen molar-refractivity contribution in [2.45, 2.75) is 59.3 Å². The summed E-state index contributed by atoms with van der Waals surface area (Å²) in [5.41, 5.74) is 0.780. The predicted octanol–water partition coefficient (Wildman–Crippen LogP) is 4.36. The molecule has 0 aliphatic carbocycles. The Labute approximate surface area is 151 Å². The van der Waals surface area contributed by atoms with E-state index in [4.69, 9.17) is 9.47 Å². The molecule has 2 rings (SSSR count). The zero-order valence-electron chi connectivity index (χ0n) is 15.3. The van der Waals surface area contributed by atoms with Crippen LogP contribution in [-0.2, 0) is 16.0 Å². The van der Waals surface area contributed by atoms with E-state index in [1.54, 1.807) is 59.7 Å². The van der Waals surface area contributed by atoms with E-state index >= 15 is 0 Å². The van der Waals surface area contributed by atoms with Crippen molar-refractivity contribution in [1.29, 1.82) is 0 Å². The molecule has 136 valence electrons. The van der Waals surface area contributed by atoms with Gasteiger partial charge in [-0.25, -0.2) is 14.5 Å². The number of amides is 2. The van der Waals surface area contributed by atoms with Crippen molar-refractivity contribution in [3.8, 4) is 0 Å². The number of fused-ring (bicyclic) bond motifs is 1. The molecule has 8 heteroatoms. The Hall–Kier alpha value is -2.22. The van der Waals surface area contributed by atoms with Crippen LogP contribution in [0.25, 0.3) is 11.0 Å². The third kappa shape index (κ3) is 5.67. The van der Waals surface area contributed by atoms with Crippen molar-refractivity contribution < 1.29 is 19.1 Å². The molecule has 2 aromatic rings. The van der Waals surface area contributed by atoms with Crippen LogP contribution in [0.5, 0.6) is 0 Å². The fraction of sp³-hybridized carbons (Fsp3) is 0.529. The standard InChI is InChI=1S/C17H23N3O4S/c1-16(2,3)23-14(21)20(15(22)24-17(4,5)6)10-11-7-8-12-13(9-11)19-25-18-12/h7-9H,10H2,1-6H3. The van der Waals surface area contributed by atoms with Gasteiger partial charge in [0.2, 0.25) is 0 Å². The van der Waals surface area contributed by atoms with Crippen LogP contribution in [0, 0.1) is 0 Å². The second-order valence-corrected chi connectivity index (χ2v) is 8.16. The number of ether oxygens (including phenoxy) is 2. The molecular formula is C17H23N3O4S. The quantitative estimate of drug-likeness (QED) is 0.786. The highest BCUT2D eigenvalue weighted by molar-refractivity contribution is 7.00. The van der Waals surface area contributed by atoms with Gasteiger partial charge in [0.05, 0.1) is 18.3 Å². The molecular weight excluding hydrogens is 342 g/mol. The Morgan fingerprint density at radius 3 is 2.00 bits per heavy atom. The topological polar surface area (TPSA) is 81.6 Å². The van der Waals surface area contributed by atoms with E-state index in [-0.39, 0.29) is 6.54 Å². The molecule has 0 unspecified atom stereocenters. The van der Waals surface area contributed by atoms with Crippen LogP contribution in [0.2, 0.25) is 0 Å². The van der Waals surface area contributed by atoms with Gasteiger partial charge in [0.25, 0.3) is 0 Å². The number of hydrogen-bond donors (Lipinski definition) is 0. The lowest BCUT2D eigenvalue weighted by molar-refractivity contribution is -0.000240. The maximum atomic E-state index is 12.5. The maximum Gasteiger partial charge on any atom is 0.420 e. The molecule has 2 amide bonds. The number of imide groups is 1. The molecule has 0 radical (unpaired) electrons. The van der Waals surface area contributed by atoms with Crippen LogP contribution in [0.3, 0.4) is 0 Å². The average Bonchev–Trinajstić information content (AvgIpc) is 2.88. The monoisotopic (exact) mass is 365 g/mol. The third-order valence-electron chi connectivity index (χ3n) is 2.89. The van der Waals surface area contributed by atoms with Gasteiger partial charge in [-0.05, 0) is 59.2 Å². The lowest BCUT2D eigenvalue weighted by Crippen LogP contribution is -2.43. The summed E-state index contributed by atoms with van der Waals surface area (Å²) in [5, 5.41) is 0. The molecule has 0 saturated carbocycles. The van der Waals surface area contributed by atoms with E-state index in [0.29, 0.717) is 0 Å². The van der Waals surface area contributed by atoms with E-state index < -0.39 is 23.4 Å². The summed E-state index contributed by atoms with van der Waals surface area (Å²) in [6.45, 7) is 10.5. The van der Waals surface area contributed by atoms with Crippen molar-refractivity contribution in [3.63, 3.8) is 0 Å². The van der Waals surface area contributed by atoms with Gasteiger partial charge >= 0.3 is 12.2 Å². The van der Waals surface area contributed by atoms with E-state index in [1.807, 2.05) is 0 Å². The molecule has 0 aliphatic heterocycles. The van der Waals surface area contributed by atoms with E-state index in [1.165, 1.54) is 0 Å². The highest BCUT2D eigenvalue weighted by Crippen LogP contribution is 2.19. The highest BCUT2D eigenvalue weighted by atomic mass is 32.1. The zero-order valence-corrected chi connectivity index (χ0v) is 16.1. The van der Waals surface area contributed by atoms with Gasteiger partial charge in [0.1, 0.15) is 22.2 Å². The summed E-state index contributed by atoms with van der Waals surface area (Å²) in [6, 6.07) is 5.39. The average molecular weight is 365 g/mol. The van der Waals surface area contributed by atoms with Crippen LogP contribution >= 0.6 is 11.7 Å². The van der Waals surface area contributed by atoms with E-state index in [2.05, 4.69) is 8.75 Å². The molecule has 25 heavy (non-hydrogen) atoms. The number of hydrogen-bond acceptors (Lipinski definition) is 7. The molecule has 1 aromatic carbocycles. The lowest BCUT2D eigenvalue weighted by Gasteiger charge is -2.28. The first kappa shape index (κ1) is 19.1. The first-order chi connectivity index (χ1) is 11.4. The Kier molecular flexibility index (Phi) is 5.31. The van der Waals surface area contributed by atoms with Crippen molar-refractivity contribution in [3.05, 3.63) is 23.8 Å². The first-order valence-corrected chi connectivity index (χ1v) is 8.62. The number of aromatic nitrogens is 2. The Bertz CT molecular complexity index is 746. The molecule has 7 nitrogen and oxygen atoms in total. The number of carbonyl (C=O) groups excluding carboxylic acids is 2. The summed E-state index contributed by atoms with van der Waals surface area (Å²) in [5.74, 6) is 0. The summed E-state index contributed by atoms with van der Waals surface area (Å²) in [6.07, 6.45) is -1.50. The smallest absolute Gasteiger partial charge is 0.420 e. The molecule has 0 N–H and O–H groups in total. The van der Waals surface area contributed by atoms with Crippen molar-refractivity contribution >= 4 is 34.9 Å². The van der Waals surface area contributed by atoms with Crippen LogP contribution in [0.4, 0.5) is 9.59 Å². The molecule has 0 atom stereocenters. The van der Waals surface area contributed by atoms with Gasteiger partial charge in [-0.1, -0.05) is 6.07 Å². The number of nitrogens with zero attached hydrogens (tertiary/aromatic N) is 3. The maximum absolute atomic E-state index is 12.5. The first-order valence-electron chi connectivity index (χ1n) is 7.89. The predicted molar refractivity (Wildman–Crippen MR) is 95.4 cm³/mol. The minimum Gasteiger partial charge on any atom is -0.443 e. The van der Waals surface area contributed by atoms with Gasteiger partial charge < -0.3 is 9.47 Å². The van der Waals surface area contributed by atoms with Crippen molar-refractivity contribution in [1.82, 2.24) is 13.6 Å². The molecule has 0 spiro atoms. The molecule has 1 aromatic heterocycles. The van der Waals surface area contributed by atoms with Crippen LogP contribution in [0.1, 0.15) is 47.1 Å². The molecule has 0 aliphatic rings. The Balaban J connectivity index is 2.26. The minimum atomic E-state index is -0.752. The van der Waals surface area contributed by atoms with Crippen LogP contribution in [-0.4, -0.2) is 37.0 Å². The largest absolute Gasteiger partial charge is 0.443 e. The SMILES string of the molecule is CC(C)(C)OC(=O)N(Cc1ccc2nsnc2c1)C(=O)OC(C)(C)C. The fourth-order valence-electron chi connectivity index (χ4n) is 1.95. The van der Waals surface area contributed by atoms with Gasteiger partial charge in [-0.3, -0.25) is 0 Å². The second kappa shape index (κ2) is 6.95. The Morgan fingerprint density at radius 2 is 1.48 bits per heavy atom. The highest BCUT2D eigenvalue weighted by Gasteiger charge is 2.31. The number of carbonyl (C=O) groups is 2. The van der Waals surface area contributed by atoms with Gasteiger partial charge in [0.15, 0.2) is 0 Å². The lowest BCUT2D eigenvalue weighted by atomic mass is 10.2. The van der Waals surface area contributed by atoms with Crippen molar-refractivity contribution in [2.75, 3.05) is 0 Å². The molecule has 0 saturated heterocycles. The summed E-state index contributed by atoms with van der Waals surface area (Å²) >= 11 is 1.11. The summed E-state index contributed by atoms with van der Waals surface area (Å²) in [4.78, 5) is 25.9. The second-order valence-electron chi connectivity index (χ2n) is 7.63. The Morgan fingerprint density at radius 1 is 0.960 bits per heavy atom. The fourth-order valence-corrected chi connectivity index (χ4v) is 2.46. The normalized spacial score (nSPS) is 12.1. The number of benzene rings is 1. The van der Waals surface area contributed by atoms with Gasteiger partial charge in [-0.15, -0.1) is 0 Å². The minimum absolute atomic E-state index is 0.0251. The van der Waals surface area contributed by atoms with Crippen LogP contribution < -0.4 is 0 Å². The third-order valence-corrected chi connectivity index (χ3v) is 3.44. The molecule has 1 heterocycles.